The Morgan fingerprint density at radius 1 is 0.489 bits per heavy atom. The molecule has 5 nitrogen and oxygen atoms in total. The number of unbranched alkanes of at least 4 members (excludes halogenated alkanes) is 28. The van der Waals surface area contributed by atoms with Gasteiger partial charge in [-0.05, 0) is 18.8 Å². The Balaban J connectivity index is 3.55. The topological polar surface area (TPSA) is 89.8 Å². The Morgan fingerprint density at radius 2 is 0.809 bits per heavy atom. The second kappa shape index (κ2) is 36.6. The summed E-state index contributed by atoms with van der Waals surface area (Å²) in [5.74, 6) is 0.662. The van der Waals surface area contributed by atoms with Gasteiger partial charge in [-0.15, -0.1) is 0 Å². The molecule has 47 heavy (non-hydrogen) atoms. The van der Waals surface area contributed by atoms with Crippen molar-refractivity contribution in [1.29, 1.82) is 0 Å². The third-order valence-corrected chi connectivity index (χ3v) is 10.1. The first-order chi connectivity index (χ1) is 22.9. The van der Waals surface area contributed by atoms with E-state index in [-0.39, 0.29) is 12.5 Å². The van der Waals surface area contributed by atoms with Crippen LogP contribution in [0.15, 0.2) is 0 Å². The Labute approximate surface area is 294 Å². The average molecular weight is 668 g/mol. The van der Waals surface area contributed by atoms with Crippen molar-refractivity contribution in [1.82, 2.24) is 5.32 Å². The number of aliphatic hydroxyl groups is 3. The number of amides is 1. The molecular weight excluding hydrogens is 582 g/mol. The summed E-state index contributed by atoms with van der Waals surface area (Å²) in [4.78, 5) is 12.4. The average Bonchev–Trinajstić information content (AvgIpc) is 3.06. The molecule has 0 aliphatic rings. The molecule has 4 N–H and O–H groups in total. The van der Waals surface area contributed by atoms with Crippen LogP contribution in [-0.2, 0) is 4.79 Å². The lowest BCUT2D eigenvalue weighted by Crippen LogP contribution is -2.50. The highest BCUT2D eigenvalue weighted by molar-refractivity contribution is 5.76. The van der Waals surface area contributed by atoms with Crippen LogP contribution in [0.1, 0.15) is 233 Å². The van der Waals surface area contributed by atoms with Gasteiger partial charge in [-0.25, -0.2) is 0 Å². The van der Waals surface area contributed by atoms with Crippen molar-refractivity contribution in [3.05, 3.63) is 0 Å². The summed E-state index contributed by atoms with van der Waals surface area (Å²) in [5.41, 5.74) is 0. The van der Waals surface area contributed by atoms with Crippen LogP contribution in [0.2, 0.25) is 0 Å². The van der Waals surface area contributed by atoms with Crippen molar-refractivity contribution in [2.24, 2.45) is 5.92 Å². The van der Waals surface area contributed by atoms with Crippen LogP contribution >= 0.6 is 0 Å². The van der Waals surface area contributed by atoms with E-state index < -0.39 is 18.2 Å². The smallest absolute Gasteiger partial charge is 0.220 e. The lowest BCUT2D eigenvalue weighted by molar-refractivity contribution is -0.124. The first-order valence-electron chi connectivity index (χ1n) is 21.2. The molecule has 5 heteroatoms. The van der Waals surface area contributed by atoms with Gasteiger partial charge in [0.1, 0.15) is 6.10 Å². The van der Waals surface area contributed by atoms with E-state index in [1.807, 2.05) is 0 Å². The minimum Gasteiger partial charge on any atom is -0.394 e. The van der Waals surface area contributed by atoms with Crippen molar-refractivity contribution in [2.75, 3.05) is 6.61 Å². The molecule has 0 aromatic heterocycles. The van der Waals surface area contributed by atoms with Gasteiger partial charge in [-0.1, -0.05) is 213 Å². The van der Waals surface area contributed by atoms with E-state index in [1.165, 1.54) is 161 Å². The molecule has 0 saturated carbocycles. The molecule has 0 unspecified atom stereocenters. The molecular formula is C42H85NO4. The quantitative estimate of drug-likeness (QED) is 0.0493. The van der Waals surface area contributed by atoms with Crippen LogP contribution in [0.4, 0.5) is 0 Å². The summed E-state index contributed by atoms with van der Waals surface area (Å²) < 4.78 is 0. The number of hydrogen-bond acceptors (Lipinski definition) is 4. The molecule has 0 heterocycles. The highest BCUT2D eigenvalue weighted by Crippen LogP contribution is 2.17. The molecule has 0 rings (SSSR count). The van der Waals surface area contributed by atoms with E-state index in [4.69, 9.17) is 0 Å². The van der Waals surface area contributed by atoms with Gasteiger partial charge in [-0.2, -0.15) is 0 Å². The van der Waals surface area contributed by atoms with Gasteiger partial charge < -0.3 is 20.6 Å². The number of hydrogen-bond donors (Lipinski definition) is 4. The SMILES string of the molecule is CCCCCCCCCCCCCCCCCCCCCCCCC(=O)N[C@@H](CO)[C@H](O)[C@H](O)CCCCCCCCCCC(C)C. The molecule has 0 aromatic rings. The van der Waals surface area contributed by atoms with Gasteiger partial charge in [0.25, 0.3) is 0 Å². The van der Waals surface area contributed by atoms with Gasteiger partial charge >= 0.3 is 0 Å². The first kappa shape index (κ1) is 46.4. The fourth-order valence-electron chi connectivity index (χ4n) is 6.82. The molecule has 1 amide bonds. The largest absolute Gasteiger partial charge is 0.394 e. The van der Waals surface area contributed by atoms with E-state index in [0.717, 1.165) is 44.4 Å². The third kappa shape index (κ3) is 33.6. The van der Waals surface area contributed by atoms with Crippen molar-refractivity contribution in [3.8, 4) is 0 Å². The minimum atomic E-state index is -1.13. The summed E-state index contributed by atoms with van der Waals surface area (Å²) in [5, 5.41) is 33.4. The third-order valence-electron chi connectivity index (χ3n) is 10.1. The normalized spacial score (nSPS) is 13.7. The fourth-order valence-corrected chi connectivity index (χ4v) is 6.82. The predicted octanol–water partition coefficient (Wildman–Crippen LogP) is 11.7. The van der Waals surface area contributed by atoms with Crippen LogP contribution < -0.4 is 5.32 Å². The molecule has 0 radical (unpaired) electrons. The van der Waals surface area contributed by atoms with Gasteiger partial charge in [0.2, 0.25) is 5.91 Å². The van der Waals surface area contributed by atoms with Crippen LogP contribution in [0.3, 0.4) is 0 Å². The Kier molecular flexibility index (Phi) is 36.1. The van der Waals surface area contributed by atoms with E-state index in [1.54, 1.807) is 0 Å². The molecule has 0 bridgehead atoms. The van der Waals surface area contributed by atoms with Crippen molar-refractivity contribution in [3.63, 3.8) is 0 Å². The molecule has 0 spiro atoms. The maximum Gasteiger partial charge on any atom is 0.220 e. The van der Waals surface area contributed by atoms with Crippen molar-refractivity contribution < 1.29 is 20.1 Å². The molecule has 282 valence electrons. The van der Waals surface area contributed by atoms with Crippen LogP contribution in [0, 0.1) is 5.92 Å². The fraction of sp³-hybridized carbons (Fsp3) is 0.976. The summed E-state index contributed by atoms with van der Waals surface area (Å²) in [6.45, 7) is 6.50. The molecule has 0 aliphatic heterocycles. The molecule has 3 atom stereocenters. The Bertz CT molecular complexity index is 628. The molecule has 0 saturated heterocycles. The number of aliphatic hydroxyl groups excluding tert-OH is 3. The number of carbonyl (C=O) groups excluding carboxylic acids is 1. The lowest BCUT2D eigenvalue weighted by atomic mass is 9.99. The van der Waals surface area contributed by atoms with Gasteiger partial charge in [-0.3, -0.25) is 4.79 Å². The highest BCUT2D eigenvalue weighted by Gasteiger charge is 2.26. The molecule has 0 aromatic carbocycles. The zero-order chi connectivity index (χ0) is 34.6. The highest BCUT2D eigenvalue weighted by atomic mass is 16.3. The summed E-state index contributed by atoms with van der Waals surface area (Å²) >= 11 is 0. The second-order valence-electron chi connectivity index (χ2n) is 15.4. The molecule has 0 aliphatic carbocycles. The maximum atomic E-state index is 12.4. The number of carbonyl (C=O) groups is 1. The van der Waals surface area contributed by atoms with Crippen LogP contribution in [0.25, 0.3) is 0 Å². The van der Waals surface area contributed by atoms with Gasteiger partial charge in [0.05, 0.1) is 18.8 Å². The summed E-state index contributed by atoms with van der Waals surface area (Å²) in [6.07, 6.45) is 39.3. The predicted molar refractivity (Wildman–Crippen MR) is 204 cm³/mol. The summed E-state index contributed by atoms with van der Waals surface area (Å²) in [7, 11) is 0. The zero-order valence-electron chi connectivity index (χ0n) is 32.1. The number of nitrogens with one attached hydrogen (secondary N) is 1. The minimum absolute atomic E-state index is 0.142. The Morgan fingerprint density at radius 3 is 1.15 bits per heavy atom. The van der Waals surface area contributed by atoms with E-state index in [0.29, 0.717) is 12.8 Å². The monoisotopic (exact) mass is 668 g/mol. The maximum absolute atomic E-state index is 12.4. The van der Waals surface area contributed by atoms with Crippen LogP contribution in [-0.4, -0.2) is 46.1 Å². The number of rotatable bonds is 38. The van der Waals surface area contributed by atoms with Crippen molar-refractivity contribution in [2.45, 2.75) is 251 Å². The zero-order valence-corrected chi connectivity index (χ0v) is 32.1. The second-order valence-corrected chi connectivity index (χ2v) is 15.4. The van der Waals surface area contributed by atoms with E-state index in [2.05, 4.69) is 26.1 Å². The molecule has 0 fully saturated rings. The summed E-state index contributed by atoms with van der Waals surface area (Å²) in [6, 6.07) is -0.803. The van der Waals surface area contributed by atoms with E-state index in [9.17, 15) is 20.1 Å². The Hall–Kier alpha value is -0.650. The first-order valence-corrected chi connectivity index (χ1v) is 21.2. The van der Waals surface area contributed by atoms with Crippen LogP contribution in [0.5, 0.6) is 0 Å². The van der Waals surface area contributed by atoms with E-state index >= 15 is 0 Å². The standard InChI is InChI=1S/C42H85NO4/c1-4-5-6-7-8-9-10-11-12-13-14-15-16-17-18-19-20-21-22-27-30-33-36-41(46)43-39(37-44)42(47)40(45)35-32-29-26-24-23-25-28-31-34-38(2)3/h38-40,42,44-45,47H,4-37H2,1-3H3,(H,43,46)/t39-,40+,42-/m0/s1. The van der Waals surface area contributed by atoms with Gasteiger partial charge in [0.15, 0.2) is 0 Å². The van der Waals surface area contributed by atoms with Crippen molar-refractivity contribution >= 4 is 5.91 Å². The lowest BCUT2D eigenvalue weighted by Gasteiger charge is -2.26. The van der Waals surface area contributed by atoms with Gasteiger partial charge in [0, 0.05) is 6.42 Å².